The number of pyridine rings is 1. The molecule has 47 heavy (non-hydrogen) atoms. The van der Waals surface area contributed by atoms with E-state index in [-0.39, 0.29) is 48.9 Å². The minimum absolute atomic E-state index is 0.0242. The molecule has 2 aromatic heterocycles. The molecule has 2 atom stereocenters. The van der Waals surface area contributed by atoms with Crippen LogP contribution >= 0.6 is 0 Å². The molecule has 3 saturated heterocycles. The zero-order chi connectivity index (χ0) is 32.0. The first-order valence-electron chi connectivity index (χ1n) is 16.8. The predicted octanol–water partition coefficient (Wildman–Crippen LogP) is 6.74. The van der Waals surface area contributed by atoms with Gasteiger partial charge in [0.2, 0.25) is 0 Å². The maximum absolute atomic E-state index is 16.9. The van der Waals surface area contributed by atoms with Gasteiger partial charge in [-0.15, -0.1) is 0 Å². The standard InChI is InChI=1S/C36H37F4N5O2/c37-23-14-36(10-3-12-45(36)16-23)21-47-33-42-31-26-15-41-30(29(31)39)25-5-1-4-22-6-7-27(38)24(28(22)25)8-13-46-20-35(40)17-34(18-35)9-2-11-44(19-34)32(26)43-33/h1,4-7,15,23H,2-3,8-14,16-21H2/t23-,34?,35?,36?/m1/s1. The number of anilines is 1. The minimum atomic E-state index is -1.45. The van der Waals surface area contributed by atoms with Gasteiger partial charge < -0.3 is 14.4 Å². The van der Waals surface area contributed by atoms with Crippen molar-refractivity contribution in [3.05, 3.63) is 53.7 Å². The van der Waals surface area contributed by atoms with Crippen molar-refractivity contribution in [2.45, 2.75) is 68.7 Å². The van der Waals surface area contributed by atoms with Crippen molar-refractivity contribution in [2.24, 2.45) is 5.41 Å². The van der Waals surface area contributed by atoms with E-state index in [0.717, 1.165) is 37.6 Å². The van der Waals surface area contributed by atoms with Gasteiger partial charge in [0.1, 0.15) is 41.3 Å². The largest absolute Gasteiger partial charge is 0.461 e. The molecule has 4 fully saturated rings. The van der Waals surface area contributed by atoms with Gasteiger partial charge in [0, 0.05) is 37.8 Å². The fourth-order valence-corrected chi connectivity index (χ4v) is 9.53. The van der Waals surface area contributed by atoms with Crippen LogP contribution in [0.3, 0.4) is 0 Å². The van der Waals surface area contributed by atoms with Crippen LogP contribution in [0.2, 0.25) is 0 Å². The SMILES string of the molecule is Fc1ccc2cccc3c2c1CCOCC1(F)CC2(CCCN(C2)c2nc(OCC45CCCN4C[C@H](F)C5)nc4c(F)c-3ncc24)C1. The lowest BCUT2D eigenvalue weighted by Gasteiger charge is -2.56. The molecular weight excluding hydrogens is 610 g/mol. The highest BCUT2D eigenvalue weighted by molar-refractivity contribution is 6.01. The third kappa shape index (κ3) is 4.78. The second-order valence-electron chi connectivity index (χ2n) is 14.6. The van der Waals surface area contributed by atoms with Crippen molar-refractivity contribution in [1.29, 1.82) is 0 Å². The molecule has 4 aromatic rings. The number of piperidine rings is 1. The Morgan fingerprint density at radius 2 is 1.91 bits per heavy atom. The van der Waals surface area contributed by atoms with Crippen molar-refractivity contribution >= 4 is 27.5 Å². The highest BCUT2D eigenvalue weighted by atomic mass is 19.1. The number of nitrogens with zero attached hydrogens (tertiary/aromatic N) is 5. The van der Waals surface area contributed by atoms with Gasteiger partial charge in [0.25, 0.3) is 0 Å². The van der Waals surface area contributed by atoms with E-state index < -0.39 is 29.0 Å². The molecule has 11 rings (SSSR count). The molecule has 2 aromatic carbocycles. The van der Waals surface area contributed by atoms with Gasteiger partial charge in [0.05, 0.1) is 24.1 Å². The fraction of sp³-hybridized carbons (Fsp3) is 0.528. The van der Waals surface area contributed by atoms with E-state index >= 15 is 13.2 Å². The summed E-state index contributed by atoms with van der Waals surface area (Å²) < 4.78 is 75.0. The lowest BCUT2D eigenvalue weighted by Crippen LogP contribution is -2.58. The van der Waals surface area contributed by atoms with Crippen molar-refractivity contribution in [2.75, 3.05) is 50.9 Å². The van der Waals surface area contributed by atoms with Gasteiger partial charge in [-0.25, -0.2) is 17.6 Å². The average Bonchev–Trinajstić information content (AvgIpc) is 3.57. The summed E-state index contributed by atoms with van der Waals surface area (Å²) in [5.74, 6) is -0.586. The van der Waals surface area contributed by atoms with Crippen LogP contribution in [0, 0.1) is 17.0 Å². The van der Waals surface area contributed by atoms with E-state index in [2.05, 4.69) is 19.8 Å². The minimum Gasteiger partial charge on any atom is -0.461 e. The number of aromatic nitrogens is 3. The quantitative estimate of drug-likeness (QED) is 0.228. The maximum Gasteiger partial charge on any atom is 0.319 e. The first-order chi connectivity index (χ1) is 22.7. The topological polar surface area (TPSA) is 63.6 Å². The molecule has 0 radical (unpaired) electrons. The normalized spacial score (nSPS) is 30.6. The van der Waals surface area contributed by atoms with Crippen molar-refractivity contribution < 1.29 is 27.0 Å². The number of ether oxygens (including phenoxy) is 2. The van der Waals surface area contributed by atoms with Crippen LogP contribution in [0.15, 0.2) is 36.5 Å². The van der Waals surface area contributed by atoms with Crippen LogP contribution in [0.4, 0.5) is 23.4 Å². The van der Waals surface area contributed by atoms with E-state index in [1.807, 2.05) is 6.07 Å². The third-order valence-corrected chi connectivity index (χ3v) is 11.4. The van der Waals surface area contributed by atoms with Gasteiger partial charge in [-0.3, -0.25) is 9.88 Å². The van der Waals surface area contributed by atoms with Crippen LogP contribution < -0.4 is 9.64 Å². The third-order valence-electron chi connectivity index (χ3n) is 11.4. The number of hydrogen-bond acceptors (Lipinski definition) is 7. The van der Waals surface area contributed by atoms with Crippen LogP contribution in [-0.2, 0) is 11.2 Å². The maximum atomic E-state index is 16.9. The zero-order valence-electron chi connectivity index (χ0n) is 26.2. The summed E-state index contributed by atoms with van der Waals surface area (Å²) in [6.07, 6.45) is 5.48. The fourth-order valence-electron chi connectivity index (χ4n) is 9.53. The van der Waals surface area contributed by atoms with Crippen LogP contribution in [0.5, 0.6) is 6.01 Å². The second-order valence-corrected chi connectivity index (χ2v) is 14.6. The number of benzene rings is 2. The van der Waals surface area contributed by atoms with Crippen molar-refractivity contribution in [3.63, 3.8) is 0 Å². The Bertz CT molecular complexity index is 1900. The van der Waals surface area contributed by atoms with Gasteiger partial charge in [-0.05, 0) is 79.3 Å². The molecule has 0 amide bonds. The summed E-state index contributed by atoms with van der Waals surface area (Å²) in [5.41, 5.74) is -1.22. The Kier molecular flexibility index (Phi) is 6.74. The molecule has 1 spiro atoms. The number of hydrogen-bond donors (Lipinski definition) is 0. The van der Waals surface area contributed by atoms with Gasteiger partial charge in [0.15, 0.2) is 5.82 Å². The summed E-state index contributed by atoms with van der Waals surface area (Å²) in [6.45, 7) is 2.74. The Morgan fingerprint density at radius 1 is 1.04 bits per heavy atom. The first-order valence-corrected chi connectivity index (χ1v) is 16.8. The summed E-state index contributed by atoms with van der Waals surface area (Å²) in [7, 11) is 0. The number of rotatable bonds is 3. The molecule has 8 heterocycles. The highest BCUT2D eigenvalue weighted by Crippen LogP contribution is 2.56. The van der Waals surface area contributed by atoms with Gasteiger partial charge in [-0.2, -0.15) is 9.97 Å². The molecule has 1 unspecified atom stereocenters. The highest BCUT2D eigenvalue weighted by Gasteiger charge is 2.57. The molecular formula is C36H37F4N5O2. The van der Waals surface area contributed by atoms with Gasteiger partial charge >= 0.3 is 6.01 Å². The first kappa shape index (κ1) is 29.6. The van der Waals surface area contributed by atoms with E-state index in [0.29, 0.717) is 66.6 Å². The summed E-state index contributed by atoms with van der Waals surface area (Å²) in [6, 6.07) is 8.47. The second kappa shape index (κ2) is 10.7. The van der Waals surface area contributed by atoms with E-state index in [1.54, 1.807) is 24.4 Å². The lowest BCUT2D eigenvalue weighted by molar-refractivity contribution is -0.118. The summed E-state index contributed by atoms with van der Waals surface area (Å²) >= 11 is 0. The molecule has 246 valence electrons. The predicted molar refractivity (Wildman–Crippen MR) is 170 cm³/mol. The smallest absolute Gasteiger partial charge is 0.319 e. The number of alkyl halides is 2. The lowest BCUT2D eigenvalue weighted by atomic mass is 9.57. The van der Waals surface area contributed by atoms with Crippen LogP contribution in [-0.4, -0.2) is 83.2 Å². The molecule has 1 aliphatic carbocycles. The van der Waals surface area contributed by atoms with E-state index in [1.165, 1.54) is 6.07 Å². The molecule has 7 aliphatic rings. The van der Waals surface area contributed by atoms with Crippen LogP contribution in [0.1, 0.15) is 50.5 Å². The Balaban J connectivity index is 1.21. The molecule has 1 saturated carbocycles. The zero-order valence-corrected chi connectivity index (χ0v) is 26.2. The molecule has 6 aliphatic heterocycles. The molecule has 7 nitrogen and oxygen atoms in total. The average molecular weight is 648 g/mol. The summed E-state index contributed by atoms with van der Waals surface area (Å²) in [5, 5.41) is 1.71. The summed E-state index contributed by atoms with van der Waals surface area (Å²) in [4.78, 5) is 18.4. The Labute approximate surface area is 270 Å². The van der Waals surface area contributed by atoms with Crippen molar-refractivity contribution in [3.8, 4) is 17.3 Å². The van der Waals surface area contributed by atoms with Crippen LogP contribution in [0.25, 0.3) is 32.9 Å². The van der Waals surface area contributed by atoms with E-state index in [9.17, 15) is 4.39 Å². The van der Waals surface area contributed by atoms with Gasteiger partial charge in [-0.1, -0.05) is 24.3 Å². The number of halogens is 4. The number of fused-ring (bicyclic) bond motifs is 1. The molecule has 11 heteroatoms. The van der Waals surface area contributed by atoms with E-state index in [4.69, 9.17) is 14.5 Å². The Morgan fingerprint density at radius 3 is 2.81 bits per heavy atom. The Hall–Kier alpha value is -3.57. The monoisotopic (exact) mass is 647 g/mol. The molecule has 0 N–H and O–H groups in total. The van der Waals surface area contributed by atoms with Crippen molar-refractivity contribution in [1.82, 2.24) is 19.9 Å². The molecule has 7 bridgehead atoms.